The minimum atomic E-state index is -0.258. The van der Waals surface area contributed by atoms with Crippen LogP contribution in [0.5, 0.6) is 0 Å². The molecule has 0 aromatic carbocycles. The molecule has 1 saturated heterocycles. The van der Waals surface area contributed by atoms with Gasteiger partial charge in [-0.05, 0) is 50.5 Å². The molecule has 2 N–H and O–H groups in total. The summed E-state index contributed by atoms with van der Waals surface area (Å²) in [6.07, 6.45) is 11.3. The zero-order valence-electron chi connectivity index (χ0n) is 16.6. The lowest BCUT2D eigenvalue weighted by atomic mass is 9.87. The molecule has 26 heavy (non-hydrogen) atoms. The molecule has 0 spiro atoms. The highest BCUT2D eigenvalue weighted by Gasteiger charge is 2.39. The molecule has 2 saturated carbocycles. The third-order valence-electron chi connectivity index (χ3n) is 7.19. The van der Waals surface area contributed by atoms with Crippen LogP contribution in [0.25, 0.3) is 0 Å². The Labute approximate surface area is 158 Å². The maximum atomic E-state index is 10.9. The highest BCUT2D eigenvalue weighted by atomic mass is 16.5. The third kappa shape index (κ3) is 3.90. The molecule has 4 unspecified atom stereocenters. The molecule has 0 bridgehead atoms. The molecule has 2 aliphatic heterocycles. The van der Waals surface area contributed by atoms with E-state index in [1.807, 2.05) is 7.11 Å². The Morgan fingerprint density at radius 2 is 1.92 bits per heavy atom. The first-order valence-corrected chi connectivity index (χ1v) is 10.8. The average molecular weight is 364 g/mol. The Morgan fingerprint density at radius 1 is 1.15 bits per heavy atom. The van der Waals surface area contributed by atoms with Crippen LogP contribution in [-0.2, 0) is 4.74 Å². The van der Waals surface area contributed by atoms with Gasteiger partial charge in [-0.2, -0.15) is 0 Å². The van der Waals surface area contributed by atoms with Gasteiger partial charge in [0.15, 0.2) is 0 Å². The van der Waals surface area contributed by atoms with Gasteiger partial charge in [-0.3, -0.25) is 4.90 Å². The maximum absolute atomic E-state index is 10.9. The van der Waals surface area contributed by atoms with Crippen molar-refractivity contribution in [1.29, 1.82) is 0 Å². The molecule has 2 aliphatic carbocycles. The van der Waals surface area contributed by atoms with Crippen molar-refractivity contribution < 1.29 is 9.84 Å². The number of methoxy groups -OCH3 is 1. The number of hydrogen-bond donors (Lipinski definition) is 2. The topological polar surface area (TPSA) is 48.0 Å². The van der Waals surface area contributed by atoms with Gasteiger partial charge >= 0.3 is 0 Å². The van der Waals surface area contributed by atoms with Crippen molar-refractivity contribution in [3.63, 3.8) is 0 Å². The minimum Gasteiger partial charge on any atom is -0.378 e. The van der Waals surface area contributed by atoms with Gasteiger partial charge in [0, 0.05) is 45.2 Å². The Morgan fingerprint density at radius 3 is 2.58 bits per heavy atom. The largest absolute Gasteiger partial charge is 0.378 e. The Bertz CT molecular complexity index is 501. The molecule has 4 atom stereocenters. The van der Waals surface area contributed by atoms with Crippen LogP contribution < -0.4 is 5.32 Å². The van der Waals surface area contributed by atoms with E-state index in [4.69, 9.17) is 4.74 Å². The summed E-state index contributed by atoms with van der Waals surface area (Å²) in [5.74, 6) is 3.21. The van der Waals surface area contributed by atoms with Gasteiger partial charge in [0.25, 0.3) is 0 Å². The normalized spacial score (nSPS) is 35.7. The van der Waals surface area contributed by atoms with E-state index in [9.17, 15) is 5.11 Å². The van der Waals surface area contributed by atoms with Crippen LogP contribution in [0.3, 0.4) is 0 Å². The fourth-order valence-electron chi connectivity index (χ4n) is 5.38. The van der Waals surface area contributed by atoms with Gasteiger partial charge in [0.2, 0.25) is 0 Å². The SMILES string of the molecule is COC1C=C(N2CCN(C(O)C3CCCCC3)C(C)C2)NCC1C1CC1. The summed E-state index contributed by atoms with van der Waals surface area (Å²) in [6, 6.07) is 0.380. The van der Waals surface area contributed by atoms with Gasteiger partial charge in [-0.25, -0.2) is 0 Å². The average Bonchev–Trinajstić information content (AvgIpc) is 3.52. The number of rotatable bonds is 5. The molecular formula is C21H37N3O2. The highest BCUT2D eigenvalue weighted by Crippen LogP contribution is 2.41. The predicted octanol–water partition coefficient (Wildman–Crippen LogP) is 2.38. The van der Waals surface area contributed by atoms with Crippen LogP contribution >= 0.6 is 0 Å². The molecule has 0 radical (unpaired) electrons. The van der Waals surface area contributed by atoms with E-state index < -0.39 is 0 Å². The van der Waals surface area contributed by atoms with Crippen molar-refractivity contribution in [3.05, 3.63) is 11.9 Å². The molecule has 0 amide bonds. The number of ether oxygens (including phenoxy) is 1. The van der Waals surface area contributed by atoms with Crippen molar-refractivity contribution in [2.45, 2.75) is 70.2 Å². The molecule has 3 fully saturated rings. The Hall–Kier alpha value is -0.780. The molecule has 4 aliphatic rings. The first-order chi connectivity index (χ1) is 12.7. The smallest absolute Gasteiger partial charge is 0.110 e. The van der Waals surface area contributed by atoms with E-state index in [2.05, 4.69) is 28.1 Å². The van der Waals surface area contributed by atoms with Crippen LogP contribution in [0, 0.1) is 17.8 Å². The third-order valence-corrected chi connectivity index (χ3v) is 7.19. The number of hydrogen-bond acceptors (Lipinski definition) is 5. The van der Waals surface area contributed by atoms with Crippen molar-refractivity contribution in [2.75, 3.05) is 33.3 Å². The number of piperazine rings is 1. The second kappa shape index (κ2) is 8.07. The van der Waals surface area contributed by atoms with Crippen molar-refractivity contribution in [2.24, 2.45) is 17.8 Å². The van der Waals surface area contributed by atoms with Gasteiger partial charge in [0.1, 0.15) is 6.23 Å². The number of nitrogens with one attached hydrogen (secondary N) is 1. The molecule has 5 nitrogen and oxygen atoms in total. The summed E-state index contributed by atoms with van der Waals surface area (Å²) in [7, 11) is 1.85. The molecule has 0 aromatic rings. The summed E-state index contributed by atoms with van der Waals surface area (Å²) in [4.78, 5) is 4.81. The van der Waals surface area contributed by atoms with E-state index in [0.717, 1.165) is 32.1 Å². The van der Waals surface area contributed by atoms with Crippen molar-refractivity contribution in [3.8, 4) is 0 Å². The van der Waals surface area contributed by atoms with Crippen molar-refractivity contribution in [1.82, 2.24) is 15.1 Å². The Balaban J connectivity index is 1.35. The molecule has 148 valence electrons. The standard InChI is InChI=1S/C21H37N3O2/c1-15-14-23(10-11-24(15)21(25)17-6-4-3-5-7-17)20-12-19(26-2)18(13-22-20)16-8-9-16/h12,15-19,21-22,25H,3-11,13-14H2,1-2H3. The van der Waals surface area contributed by atoms with Gasteiger partial charge in [-0.15, -0.1) is 0 Å². The van der Waals surface area contributed by atoms with Crippen LogP contribution in [0.2, 0.25) is 0 Å². The van der Waals surface area contributed by atoms with E-state index in [-0.39, 0.29) is 12.3 Å². The molecule has 2 heterocycles. The molecule has 4 rings (SSSR count). The van der Waals surface area contributed by atoms with E-state index >= 15 is 0 Å². The van der Waals surface area contributed by atoms with E-state index in [1.54, 1.807) is 0 Å². The summed E-state index contributed by atoms with van der Waals surface area (Å²) in [6.45, 7) is 6.21. The lowest BCUT2D eigenvalue weighted by Crippen LogP contribution is -2.58. The number of aliphatic hydroxyl groups excluding tert-OH is 1. The fourth-order valence-corrected chi connectivity index (χ4v) is 5.38. The monoisotopic (exact) mass is 363 g/mol. The first-order valence-electron chi connectivity index (χ1n) is 10.8. The van der Waals surface area contributed by atoms with Crippen LogP contribution in [0.15, 0.2) is 11.9 Å². The minimum absolute atomic E-state index is 0.250. The first kappa shape index (κ1) is 18.6. The zero-order valence-corrected chi connectivity index (χ0v) is 16.6. The fraction of sp³-hybridized carbons (Fsp3) is 0.905. The second-order valence-electron chi connectivity index (χ2n) is 8.98. The second-order valence-corrected chi connectivity index (χ2v) is 8.98. The lowest BCUT2D eigenvalue weighted by molar-refractivity contribution is -0.0901. The molecule has 0 aromatic heterocycles. The van der Waals surface area contributed by atoms with E-state index in [1.165, 1.54) is 50.8 Å². The van der Waals surface area contributed by atoms with Gasteiger partial charge in [0.05, 0.1) is 11.9 Å². The van der Waals surface area contributed by atoms with Crippen LogP contribution in [0.4, 0.5) is 0 Å². The predicted molar refractivity (Wildman–Crippen MR) is 103 cm³/mol. The molecule has 5 heteroatoms. The van der Waals surface area contributed by atoms with Crippen molar-refractivity contribution >= 4 is 0 Å². The summed E-state index contributed by atoms with van der Waals surface area (Å²) >= 11 is 0. The molecular weight excluding hydrogens is 326 g/mol. The summed E-state index contributed by atoms with van der Waals surface area (Å²) < 4.78 is 5.80. The van der Waals surface area contributed by atoms with Gasteiger partial charge < -0.3 is 20.1 Å². The van der Waals surface area contributed by atoms with E-state index in [0.29, 0.717) is 17.9 Å². The number of nitrogens with zero attached hydrogens (tertiary/aromatic N) is 2. The Kier molecular flexibility index (Phi) is 5.77. The summed E-state index contributed by atoms with van der Waals surface area (Å²) in [5, 5.41) is 14.6. The maximum Gasteiger partial charge on any atom is 0.110 e. The quantitative estimate of drug-likeness (QED) is 0.785. The number of aliphatic hydroxyl groups is 1. The highest BCUT2D eigenvalue weighted by molar-refractivity contribution is 5.12. The van der Waals surface area contributed by atoms with Crippen LogP contribution in [0.1, 0.15) is 51.9 Å². The zero-order chi connectivity index (χ0) is 18.1. The van der Waals surface area contributed by atoms with Gasteiger partial charge in [-0.1, -0.05) is 19.3 Å². The summed E-state index contributed by atoms with van der Waals surface area (Å²) in [5.41, 5.74) is 0. The van der Waals surface area contributed by atoms with Crippen LogP contribution in [-0.4, -0.2) is 66.6 Å². The lowest BCUT2D eigenvalue weighted by Gasteiger charge is -2.47.